The summed E-state index contributed by atoms with van der Waals surface area (Å²) in [6.07, 6.45) is 1.59. The molecule has 0 aliphatic carbocycles. The molecule has 2 heterocycles. The van der Waals surface area contributed by atoms with Crippen LogP contribution < -0.4 is 0 Å². The maximum absolute atomic E-state index is 10.7. The highest BCUT2D eigenvalue weighted by Crippen LogP contribution is 2.18. The lowest BCUT2D eigenvalue weighted by Gasteiger charge is -2.03. The van der Waals surface area contributed by atoms with Crippen molar-refractivity contribution in [3.63, 3.8) is 0 Å². The summed E-state index contributed by atoms with van der Waals surface area (Å²) in [4.78, 5) is 10.7. The zero-order valence-electron chi connectivity index (χ0n) is 9.38. The van der Waals surface area contributed by atoms with Crippen molar-refractivity contribution in [1.82, 2.24) is 19.6 Å². The summed E-state index contributed by atoms with van der Waals surface area (Å²) in [7, 11) is 0. The monoisotopic (exact) mass is 254 g/mol. The number of rotatable bonds is 3. The Morgan fingerprint density at radius 3 is 2.65 bits per heavy atom. The van der Waals surface area contributed by atoms with Crippen LogP contribution in [0, 0.1) is 13.8 Å². The molecule has 0 aliphatic rings. The van der Waals surface area contributed by atoms with Gasteiger partial charge < -0.3 is 5.11 Å². The quantitative estimate of drug-likeness (QED) is 0.902. The van der Waals surface area contributed by atoms with Gasteiger partial charge in [-0.25, -0.2) is 9.48 Å². The second-order valence-corrected chi connectivity index (χ2v) is 4.05. The van der Waals surface area contributed by atoms with Gasteiger partial charge in [0.15, 0.2) is 5.69 Å². The van der Waals surface area contributed by atoms with Crippen molar-refractivity contribution in [1.29, 1.82) is 0 Å². The van der Waals surface area contributed by atoms with E-state index in [0.717, 1.165) is 11.4 Å². The third kappa shape index (κ3) is 2.16. The number of nitrogens with zero attached hydrogens (tertiary/aromatic N) is 4. The second kappa shape index (κ2) is 4.21. The van der Waals surface area contributed by atoms with Crippen molar-refractivity contribution in [2.45, 2.75) is 20.5 Å². The van der Waals surface area contributed by atoms with Crippen LogP contribution in [0.2, 0.25) is 5.02 Å². The van der Waals surface area contributed by atoms with E-state index in [1.165, 1.54) is 10.7 Å². The summed E-state index contributed by atoms with van der Waals surface area (Å²) < 4.78 is 3.18. The van der Waals surface area contributed by atoms with Crippen molar-refractivity contribution in [3.8, 4) is 0 Å². The van der Waals surface area contributed by atoms with Crippen molar-refractivity contribution in [2.75, 3.05) is 0 Å². The molecule has 0 fully saturated rings. The van der Waals surface area contributed by atoms with E-state index >= 15 is 0 Å². The number of aryl methyl sites for hydroxylation is 1. The van der Waals surface area contributed by atoms with E-state index in [-0.39, 0.29) is 5.69 Å². The first-order valence-electron chi connectivity index (χ1n) is 4.95. The largest absolute Gasteiger partial charge is 0.476 e. The van der Waals surface area contributed by atoms with Crippen LogP contribution in [0.1, 0.15) is 21.9 Å². The number of aromatic nitrogens is 4. The van der Waals surface area contributed by atoms with Crippen molar-refractivity contribution in [2.24, 2.45) is 0 Å². The molecule has 0 aromatic carbocycles. The van der Waals surface area contributed by atoms with Crippen molar-refractivity contribution in [3.05, 3.63) is 34.4 Å². The number of hydrogen-bond acceptors (Lipinski definition) is 3. The normalized spacial score (nSPS) is 10.8. The molecular weight excluding hydrogens is 244 g/mol. The first-order chi connectivity index (χ1) is 7.99. The van der Waals surface area contributed by atoms with Gasteiger partial charge in [0, 0.05) is 6.20 Å². The number of hydrogen-bond donors (Lipinski definition) is 1. The minimum absolute atomic E-state index is 0.0117. The number of carboxylic acid groups (broad SMARTS) is 1. The van der Waals surface area contributed by atoms with E-state index in [9.17, 15) is 4.79 Å². The van der Waals surface area contributed by atoms with E-state index in [4.69, 9.17) is 16.7 Å². The summed E-state index contributed by atoms with van der Waals surface area (Å²) >= 11 is 6.01. The topological polar surface area (TPSA) is 72.9 Å². The van der Waals surface area contributed by atoms with Gasteiger partial charge in [0.25, 0.3) is 0 Å². The fraction of sp³-hybridized carbons (Fsp3) is 0.300. The first kappa shape index (κ1) is 11.7. The molecule has 2 aromatic rings. The Labute approximate surface area is 102 Å². The van der Waals surface area contributed by atoms with Gasteiger partial charge in [-0.15, -0.1) is 0 Å². The number of halogens is 1. The molecule has 90 valence electrons. The zero-order valence-corrected chi connectivity index (χ0v) is 10.1. The summed E-state index contributed by atoms with van der Waals surface area (Å²) in [6.45, 7) is 4.01. The van der Waals surface area contributed by atoms with E-state index in [1.54, 1.807) is 10.9 Å². The molecule has 0 amide bonds. The SMILES string of the molecule is Cc1nn(Cn2ccc(C(=O)O)n2)c(C)c1Cl. The fourth-order valence-corrected chi connectivity index (χ4v) is 1.64. The van der Waals surface area contributed by atoms with Crippen LogP contribution in [0.4, 0.5) is 0 Å². The highest BCUT2D eigenvalue weighted by Gasteiger charge is 2.11. The Hall–Kier alpha value is -1.82. The molecule has 0 spiro atoms. The Kier molecular flexibility index (Phi) is 2.89. The smallest absolute Gasteiger partial charge is 0.356 e. The molecule has 0 saturated heterocycles. The van der Waals surface area contributed by atoms with Gasteiger partial charge in [-0.3, -0.25) is 4.68 Å². The molecule has 0 saturated carbocycles. The lowest BCUT2D eigenvalue weighted by atomic mass is 10.4. The average molecular weight is 255 g/mol. The number of aromatic carboxylic acids is 1. The highest BCUT2D eigenvalue weighted by molar-refractivity contribution is 6.31. The summed E-state index contributed by atoms with van der Waals surface area (Å²) in [5, 5.41) is 17.5. The molecule has 0 radical (unpaired) electrons. The van der Waals surface area contributed by atoms with Crippen LogP contribution in [0.15, 0.2) is 12.3 Å². The van der Waals surface area contributed by atoms with Gasteiger partial charge in [0.2, 0.25) is 0 Å². The molecule has 0 atom stereocenters. The Balaban J connectivity index is 2.25. The molecular formula is C10H11ClN4O2. The van der Waals surface area contributed by atoms with Crippen LogP contribution in [0.5, 0.6) is 0 Å². The molecule has 7 heteroatoms. The molecule has 0 unspecified atom stereocenters. The van der Waals surface area contributed by atoms with E-state index in [1.807, 2.05) is 13.8 Å². The average Bonchev–Trinajstić information content (AvgIpc) is 2.82. The predicted octanol–water partition coefficient (Wildman–Crippen LogP) is 1.55. The lowest BCUT2D eigenvalue weighted by molar-refractivity contribution is 0.0689. The first-order valence-corrected chi connectivity index (χ1v) is 5.33. The highest BCUT2D eigenvalue weighted by atomic mass is 35.5. The molecule has 6 nitrogen and oxygen atoms in total. The summed E-state index contributed by atoms with van der Waals surface area (Å²) in [5.41, 5.74) is 1.59. The van der Waals surface area contributed by atoms with Gasteiger partial charge >= 0.3 is 5.97 Å². The minimum Gasteiger partial charge on any atom is -0.476 e. The van der Waals surface area contributed by atoms with Crippen molar-refractivity contribution >= 4 is 17.6 Å². The predicted molar refractivity (Wildman–Crippen MR) is 61.3 cm³/mol. The molecule has 0 aliphatic heterocycles. The summed E-state index contributed by atoms with van der Waals surface area (Å²) in [6, 6.07) is 1.44. The van der Waals surface area contributed by atoms with Gasteiger partial charge in [0.05, 0.1) is 16.4 Å². The third-order valence-electron chi connectivity index (χ3n) is 2.43. The molecule has 2 rings (SSSR count). The number of carboxylic acids is 1. The second-order valence-electron chi connectivity index (χ2n) is 3.67. The van der Waals surface area contributed by atoms with Crippen LogP contribution in [-0.4, -0.2) is 30.6 Å². The van der Waals surface area contributed by atoms with Crippen LogP contribution >= 0.6 is 11.6 Å². The standard InChI is InChI=1S/C10H11ClN4O2/c1-6-9(11)7(2)15(12-6)5-14-4-3-8(13-14)10(16)17/h3-4H,5H2,1-2H3,(H,16,17). The molecule has 17 heavy (non-hydrogen) atoms. The fourth-order valence-electron chi connectivity index (χ4n) is 1.50. The molecule has 2 aromatic heterocycles. The van der Waals surface area contributed by atoms with Crippen LogP contribution in [-0.2, 0) is 6.67 Å². The van der Waals surface area contributed by atoms with Gasteiger partial charge in [-0.2, -0.15) is 10.2 Å². The Bertz CT molecular complexity index is 573. The minimum atomic E-state index is -1.05. The van der Waals surface area contributed by atoms with Gasteiger partial charge in [-0.05, 0) is 19.9 Å². The third-order valence-corrected chi connectivity index (χ3v) is 2.98. The maximum atomic E-state index is 10.7. The van der Waals surface area contributed by atoms with Gasteiger partial charge in [0.1, 0.15) is 6.67 Å². The lowest BCUT2D eigenvalue weighted by Crippen LogP contribution is -2.12. The summed E-state index contributed by atoms with van der Waals surface area (Å²) in [5.74, 6) is -1.05. The maximum Gasteiger partial charge on any atom is 0.356 e. The molecule has 0 bridgehead atoms. The van der Waals surface area contributed by atoms with Crippen LogP contribution in [0.25, 0.3) is 0 Å². The Morgan fingerprint density at radius 1 is 1.47 bits per heavy atom. The van der Waals surface area contributed by atoms with Crippen molar-refractivity contribution < 1.29 is 9.90 Å². The zero-order chi connectivity index (χ0) is 12.6. The van der Waals surface area contributed by atoms with E-state index in [2.05, 4.69) is 10.2 Å². The van der Waals surface area contributed by atoms with Crippen LogP contribution in [0.3, 0.4) is 0 Å². The number of carbonyl (C=O) groups is 1. The van der Waals surface area contributed by atoms with E-state index < -0.39 is 5.97 Å². The molecule has 1 N–H and O–H groups in total. The van der Waals surface area contributed by atoms with Gasteiger partial charge in [-0.1, -0.05) is 11.6 Å². The Morgan fingerprint density at radius 2 is 2.18 bits per heavy atom. The van der Waals surface area contributed by atoms with E-state index in [0.29, 0.717) is 11.7 Å².